The van der Waals surface area contributed by atoms with E-state index in [2.05, 4.69) is 20.4 Å². The molecule has 0 spiro atoms. The molecule has 140 valence electrons. The highest BCUT2D eigenvalue weighted by atomic mass is 32.2. The van der Waals surface area contributed by atoms with E-state index in [-0.39, 0.29) is 18.5 Å². The summed E-state index contributed by atoms with van der Waals surface area (Å²) < 4.78 is 32.8. The van der Waals surface area contributed by atoms with Gasteiger partial charge < -0.3 is 9.84 Å². The minimum atomic E-state index is -3.64. The third-order valence-corrected chi connectivity index (χ3v) is 7.06. The highest BCUT2D eigenvalue weighted by Crippen LogP contribution is 2.42. The molecule has 8 nitrogen and oxygen atoms in total. The third-order valence-electron chi connectivity index (χ3n) is 5.25. The maximum Gasteiger partial charge on any atom is 0.265 e. The number of hydrogen-bond donors (Lipinski definition) is 1. The molecule has 1 unspecified atom stereocenters. The molecule has 1 aromatic heterocycles. The van der Waals surface area contributed by atoms with Crippen LogP contribution in [-0.2, 0) is 16.6 Å². The fraction of sp³-hybridized carbons (Fsp3) is 0.333. The summed E-state index contributed by atoms with van der Waals surface area (Å²) in [6, 6.07) is 10.9. The van der Waals surface area contributed by atoms with Crippen LogP contribution in [0.3, 0.4) is 0 Å². The molecule has 1 atom stereocenters. The van der Waals surface area contributed by atoms with Crippen molar-refractivity contribution >= 4 is 26.5 Å². The third kappa shape index (κ3) is 2.53. The number of benzene rings is 2. The van der Waals surface area contributed by atoms with Crippen LogP contribution >= 0.6 is 0 Å². The summed E-state index contributed by atoms with van der Waals surface area (Å²) in [5.74, 6) is 0.865. The molecule has 2 aliphatic rings. The van der Waals surface area contributed by atoms with Crippen molar-refractivity contribution in [2.24, 2.45) is 0 Å². The van der Waals surface area contributed by atoms with Gasteiger partial charge >= 0.3 is 0 Å². The number of likely N-dealkylation sites (N-methyl/N-ethyl adjacent to an activating group) is 1. The van der Waals surface area contributed by atoms with Gasteiger partial charge in [0.25, 0.3) is 10.0 Å². The second-order valence-electron chi connectivity index (χ2n) is 6.89. The van der Waals surface area contributed by atoms with Gasteiger partial charge in [0.1, 0.15) is 6.54 Å². The van der Waals surface area contributed by atoms with Crippen molar-refractivity contribution in [3.63, 3.8) is 0 Å². The Labute approximate surface area is 156 Å². The first kappa shape index (κ1) is 16.7. The van der Waals surface area contributed by atoms with Crippen molar-refractivity contribution in [1.29, 1.82) is 0 Å². The Morgan fingerprint density at radius 1 is 1.26 bits per heavy atom. The van der Waals surface area contributed by atoms with E-state index < -0.39 is 10.0 Å². The van der Waals surface area contributed by atoms with Crippen LogP contribution in [0.25, 0.3) is 10.8 Å². The van der Waals surface area contributed by atoms with Gasteiger partial charge in [0, 0.05) is 25.0 Å². The molecule has 3 heterocycles. The SMILES string of the molecule is CN1CCNCC1c1noc(CN2c3cccc4cccc(c34)S2(=O)=O)n1. The molecule has 0 saturated carbocycles. The Bertz CT molecular complexity index is 1120. The number of nitrogens with one attached hydrogen (secondary N) is 1. The van der Waals surface area contributed by atoms with Gasteiger partial charge in [0.2, 0.25) is 5.89 Å². The lowest BCUT2D eigenvalue weighted by molar-refractivity contribution is 0.190. The summed E-state index contributed by atoms with van der Waals surface area (Å²) in [6.07, 6.45) is 0. The van der Waals surface area contributed by atoms with Crippen LogP contribution in [0.4, 0.5) is 5.69 Å². The van der Waals surface area contributed by atoms with Crippen LogP contribution < -0.4 is 9.62 Å². The molecule has 0 amide bonds. The molecule has 0 aliphatic carbocycles. The summed E-state index contributed by atoms with van der Waals surface area (Å²) in [4.78, 5) is 6.96. The predicted molar refractivity (Wildman–Crippen MR) is 99.9 cm³/mol. The topological polar surface area (TPSA) is 91.6 Å². The standard InChI is InChI=1S/C18H19N5O3S/c1-22-9-8-19-10-14(22)18-20-16(26-21-18)11-23-13-6-2-4-12-5-3-7-15(17(12)13)27(23,24)25/h2-7,14,19H,8-11H2,1H3. The quantitative estimate of drug-likeness (QED) is 0.731. The van der Waals surface area contributed by atoms with E-state index in [9.17, 15) is 8.42 Å². The van der Waals surface area contributed by atoms with Gasteiger partial charge in [-0.3, -0.25) is 9.21 Å². The molecule has 1 N–H and O–H groups in total. The van der Waals surface area contributed by atoms with Gasteiger partial charge in [0.15, 0.2) is 5.82 Å². The van der Waals surface area contributed by atoms with Crippen molar-refractivity contribution < 1.29 is 12.9 Å². The molecule has 2 aliphatic heterocycles. The van der Waals surface area contributed by atoms with Gasteiger partial charge in [-0.15, -0.1) is 0 Å². The number of nitrogens with zero attached hydrogens (tertiary/aromatic N) is 4. The van der Waals surface area contributed by atoms with Crippen molar-refractivity contribution in [2.45, 2.75) is 17.5 Å². The smallest absolute Gasteiger partial charge is 0.265 e. The first-order valence-corrected chi connectivity index (χ1v) is 10.3. The van der Waals surface area contributed by atoms with Crippen molar-refractivity contribution in [1.82, 2.24) is 20.4 Å². The first-order chi connectivity index (χ1) is 13.1. The predicted octanol–water partition coefficient (Wildman–Crippen LogP) is 1.51. The number of hydrogen-bond acceptors (Lipinski definition) is 7. The average Bonchev–Trinajstić information content (AvgIpc) is 3.21. The maximum atomic E-state index is 13.0. The number of rotatable bonds is 3. The number of anilines is 1. The lowest BCUT2D eigenvalue weighted by Gasteiger charge is -2.30. The van der Waals surface area contributed by atoms with Crippen LogP contribution in [0.5, 0.6) is 0 Å². The fourth-order valence-electron chi connectivity index (χ4n) is 3.81. The fourth-order valence-corrected chi connectivity index (χ4v) is 5.47. The number of aromatic nitrogens is 2. The summed E-state index contributed by atoms with van der Waals surface area (Å²) in [6.45, 7) is 2.58. The Morgan fingerprint density at radius 2 is 2.07 bits per heavy atom. The number of piperazine rings is 1. The van der Waals surface area contributed by atoms with Crippen molar-refractivity contribution in [2.75, 3.05) is 31.0 Å². The van der Waals surface area contributed by atoms with Crippen LogP contribution in [0.1, 0.15) is 17.8 Å². The molecule has 1 saturated heterocycles. The molecular formula is C18H19N5O3S. The highest BCUT2D eigenvalue weighted by molar-refractivity contribution is 7.93. The molecular weight excluding hydrogens is 366 g/mol. The van der Waals surface area contributed by atoms with Gasteiger partial charge in [0.05, 0.1) is 16.6 Å². The molecule has 27 heavy (non-hydrogen) atoms. The van der Waals surface area contributed by atoms with E-state index in [0.29, 0.717) is 16.4 Å². The van der Waals surface area contributed by atoms with Crippen molar-refractivity contribution in [3.8, 4) is 0 Å². The maximum absolute atomic E-state index is 13.0. The zero-order chi connectivity index (χ0) is 18.6. The Morgan fingerprint density at radius 3 is 2.89 bits per heavy atom. The summed E-state index contributed by atoms with van der Waals surface area (Å²) in [5.41, 5.74) is 0.652. The van der Waals surface area contributed by atoms with Gasteiger partial charge in [-0.2, -0.15) is 4.98 Å². The summed E-state index contributed by atoms with van der Waals surface area (Å²) >= 11 is 0. The Hall–Kier alpha value is -2.49. The normalized spacial score (nSPS) is 21.8. The van der Waals surface area contributed by atoms with Gasteiger partial charge in [-0.1, -0.05) is 29.4 Å². The van der Waals surface area contributed by atoms with Gasteiger partial charge in [-0.05, 0) is 24.6 Å². The van der Waals surface area contributed by atoms with Crippen LogP contribution in [0, 0.1) is 0 Å². The van der Waals surface area contributed by atoms with E-state index in [1.165, 1.54) is 4.31 Å². The summed E-state index contributed by atoms with van der Waals surface area (Å²) in [7, 11) is -1.62. The molecule has 5 rings (SSSR count). The number of sulfonamides is 1. The second kappa shape index (κ2) is 6.01. The molecule has 1 fully saturated rings. The van der Waals surface area contributed by atoms with E-state index in [1.807, 2.05) is 31.3 Å². The van der Waals surface area contributed by atoms with E-state index >= 15 is 0 Å². The second-order valence-corrected chi connectivity index (χ2v) is 8.72. The van der Waals surface area contributed by atoms with Crippen LogP contribution in [0.15, 0.2) is 45.8 Å². The highest BCUT2D eigenvalue weighted by Gasteiger charge is 2.37. The molecule has 3 aromatic rings. The monoisotopic (exact) mass is 385 g/mol. The molecule has 0 bridgehead atoms. The molecule has 2 aromatic carbocycles. The van der Waals surface area contributed by atoms with E-state index in [4.69, 9.17) is 4.52 Å². The van der Waals surface area contributed by atoms with E-state index in [1.54, 1.807) is 12.1 Å². The zero-order valence-electron chi connectivity index (χ0n) is 14.8. The minimum absolute atomic E-state index is 0.0204. The van der Waals surface area contributed by atoms with Gasteiger partial charge in [-0.25, -0.2) is 8.42 Å². The lowest BCUT2D eigenvalue weighted by Crippen LogP contribution is -2.44. The summed E-state index contributed by atoms with van der Waals surface area (Å²) in [5, 5.41) is 9.05. The Kier molecular flexibility index (Phi) is 3.71. The largest absolute Gasteiger partial charge is 0.337 e. The first-order valence-electron chi connectivity index (χ1n) is 8.83. The van der Waals surface area contributed by atoms with Crippen LogP contribution in [-0.4, -0.2) is 50.1 Å². The lowest BCUT2D eigenvalue weighted by atomic mass is 10.1. The zero-order valence-corrected chi connectivity index (χ0v) is 15.6. The Balaban J connectivity index is 1.50. The van der Waals surface area contributed by atoms with Crippen molar-refractivity contribution in [3.05, 3.63) is 48.1 Å². The molecule has 0 radical (unpaired) electrons. The molecule has 9 heteroatoms. The van der Waals surface area contributed by atoms with E-state index in [0.717, 1.165) is 30.4 Å². The minimum Gasteiger partial charge on any atom is -0.337 e. The average molecular weight is 385 g/mol. The van der Waals surface area contributed by atoms with Crippen LogP contribution in [0.2, 0.25) is 0 Å².